The lowest BCUT2D eigenvalue weighted by atomic mass is 10.0. The average molecular weight is 1250 g/mol. The van der Waals surface area contributed by atoms with Crippen molar-refractivity contribution in [3.8, 4) is 0 Å². The number of unbranched alkanes of at least 4 members (excludes halogenated alkanes) is 41. The summed E-state index contributed by atoms with van der Waals surface area (Å²) in [4.78, 5) is 35.9. The third-order valence-electron chi connectivity index (χ3n) is 16.4. The van der Waals surface area contributed by atoms with Gasteiger partial charge in [0.25, 0.3) is 0 Å². The van der Waals surface area contributed by atoms with Gasteiger partial charge in [0, 0.05) is 12.8 Å². The molecule has 2 unspecified atom stereocenters. The Hall–Kier alpha value is -2.81. The van der Waals surface area contributed by atoms with Crippen molar-refractivity contribution < 1.29 is 42.1 Å². The molecule has 0 saturated carbocycles. The van der Waals surface area contributed by atoms with Gasteiger partial charge in [0.2, 0.25) is 0 Å². The Kier molecular flexibility index (Phi) is 66.4. The average Bonchev–Trinajstić information content (AvgIpc) is 3.58. The van der Waals surface area contributed by atoms with Gasteiger partial charge in [-0.05, 0) is 89.9 Å². The van der Waals surface area contributed by atoms with E-state index in [0.717, 1.165) is 70.6 Å². The van der Waals surface area contributed by atoms with Crippen LogP contribution in [0.25, 0.3) is 0 Å². The molecule has 1 N–H and O–H groups in total. The molecule has 0 aromatic carbocycles. The predicted octanol–water partition coefficient (Wildman–Crippen LogP) is 24.5. The van der Waals surface area contributed by atoms with Crippen LogP contribution in [0.5, 0.6) is 0 Å². The quantitative estimate of drug-likeness (QED) is 0.0211. The third-order valence-corrected chi connectivity index (χ3v) is 17.4. The first kappa shape index (κ1) is 85.2. The number of ether oxygens (including phenoxy) is 2. The summed E-state index contributed by atoms with van der Waals surface area (Å²) in [6.07, 6.45) is 94.3. The molecular weight excluding hydrogens is 1110 g/mol. The molecular formula is C78H143NO8P+. The maximum absolute atomic E-state index is 12.9. The minimum absolute atomic E-state index is 0.0317. The molecule has 88 heavy (non-hydrogen) atoms. The summed E-state index contributed by atoms with van der Waals surface area (Å²) < 4.78 is 34.8. The number of hydrogen-bond acceptors (Lipinski definition) is 7. The van der Waals surface area contributed by atoms with Gasteiger partial charge in [-0.3, -0.25) is 18.6 Å². The van der Waals surface area contributed by atoms with E-state index in [1.807, 2.05) is 21.1 Å². The SMILES string of the molecule is CC/C=C\C/C=C\C/C=C\C/C=C\C/C=C\CCCCCCCCCCCCCCCCCCCCCCCCCCCC(=O)OC(COC(=O)CCCCCCCCCCCCC/C=C\C/C=C\CCCCCCC)COP(=O)(O)OCC[N+](C)(C)C. The monoisotopic (exact) mass is 1250 g/mol. The first-order valence-corrected chi connectivity index (χ1v) is 38.8. The molecule has 0 bridgehead atoms. The molecule has 0 saturated heterocycles. The van der Waals surface area contributed by atoms with Crippen molar-refractivity contribution in [2.75, 3.05) is 47.5 Å². The van der Waals surface area contributed by atoms with Crippen LogP contribution in [-0.4, -0.2) is 74.9 Å². The highest BCUT2D eigenvalue weighted by molar-refractivity contribution is 7.47. The van der Waals surface area contributed by atoms with E-state index >= 15 is 0 Å². The van der Waals surface area contributed by atoms with E-state index in [4.69, 9.17) is 18.5 Å². The molecule has 0 fully saturated rings. The fourth-order valence-corrected chi connectivity index (χ4v) is 11.5. The number of phosphoric acid groups is 1. The zero-order valence-electron chi connectivity index (χ0n) is 58.5. The Morgan fingerprint density at radius 1 is 0.364 bits per heavy atom. The van der Waals surface area contributed by atoms with Crippen molar-refractivity contribution in [2.45, 2.75) is 354 Å². The van der Waals surface area contributed by atoms with Gasteiger partial charge in [-0.15, -0.1) is 0 Å². The second-order valence-electron chi connectivity index (χ2n) is 26.3. The number of hydrogen-bond donors (Lipinski definition) is 1. The Morgan fingerprint density at radius 3 is 0.966 bits per heavy atom. The minimum atomic E-state index is -4.39. The van der Waals surface area contributed by atoms with Gasteiger partial charge in [0.05, 0.1) is 27.7 Å². The second kappa shape index (κ2) is 68.6. The van der Waals surface area contributed by atoms with E-state index in [0.29, 0.717) is 17.4 Å². The van der Waals surface area contributed by atoms with Crippen molar-refractivity contribution in [1.29, 1.82) is 0 Å². The predicted molar refractivity (Wildman–Crippen MR) is 381 cm³/mol. The Morgan fingerprint density at radius 2 is 0.648 bits per heavy atom. The zero-order chi connectivity index (χ0) is 64.1. The van der Waals surface area contributed by atoms with Crippen LogP contribution in [0, 0.1) is 0 Å². The molecule has 0 amide bonds. The van der Waals surface area contributed by atoms with Crippen LogP contribution in [0.2, 0.25) is 0 Å². The van der Waals surface area contributed by atoms with Crippen LogP contribution in [0.1, 0.15) is 348 Å². The fraction of sp³-hybridized carbons (Fsp3) is 0.795. The number of allylic oxidation sites excluding steroid dienone is 14. The lowest BCUT2D eigenvalue weighted by Crippen LogP contribution is -2.37. The van der Waals surface area contributed by atoms with Crippen molar-refractivity contribution in [3.05, 3.63) is 85.1 Å². The van der Waals surface area contributed by atoms with Crippen molar-refractivity contribution >= 4 is 19.8 Å². The molecule has 10 heteroatoms. The standard InChI is InChI=1S/C78H142NO8P/c1-6-8-10-12-14-16-18-20-22-24-26-28-30-31-32-33-34-35-36-37-38-39-40-41-42-43-44-45-46-47-49-51-53-55-57-59-61-63-65-67-69-71-78(81)87-76(75-86-88(82,83)85-73-72-79(3,4)5)74-84-77(80)70-68-66-64-62-60-58-56-54-52-50-48-29-27-25-23-21-19-17-15-13-11-9-7-2/h8,10,14,16,19-22,25-28,31-32,76H,6-7,9,11-13,15,17-18,23-24,29-30,33-75H2,1-5H3/p+1/b10-8-,16-14-,21-19-,22-20-,27-25-,28-26-,32-31-. The van der Waals surface area contributed by atoms with Crippen LogP contribution < -0.4 is 0 Å². The topological polar surface area (TPSA) is 108 Å². The number of nitrogens with zero attached hydrogens (tertiary/aromatic N) is 1. The van der Waals surface area contributed by atoms with Gasteiger partial charge < -0.3 is 18.9 Å². The molecule has 0 aliphatic carbocycles. The number of carbonyl (C=O) groups is 2. The number of quaternary nitrogens is 1. The summed E-state index contributed by atoms with van der Waals surface area (Å²) in [5, 5.41) is 0. The number of likely N-dealkylation sites (N-methyl/N-ethyl adjacent to an activating group) is 1. The van der Waals surface area contributed by atoms with E-state index < -0.39 is 26.5 Å². The van der Waals surface area contributed by atoms with Crippen LogP contribution in [0.15, 0.2) is 85.1 Å². The molecule has 0 aromatic rings. The normalized spacial score (nSPS) is 13.6. The van der Waals surface area contributed by atoms with Gasteiger partial charge in [0.1, 0.15) is 19.8 Å². The van der Waals surface area contributed by atoms with Gasteiger partial charge in [0.15, 0.2) is 6.10 Å². The van der Waals surface area contributed by atoms with E-state index in [2.05, 4.69) is 98.9 Å². The van der Waals surface area contributed by atoms with Gasteiger partial charge in [-0.1, -0.05) is 330 Å². The highest BCUT2D eigenvalue weighted by atomic mass is 31.2. The number of rotatable bonds is 69. The van der Waals surface area contributed by atoms with Crippen LogP contribution in [0.4, 0.5) is 0 Å². The molecule has 512 valence electrons. The Labute approximate surface area is 545 Å². The van der Waals surface area contributed by atoms with Crippen LogP contribution in [-0.2, 0) is 32.7 Å². The second-order valence-corrected chi connectivity index (χ2v) is 27.8. The molecule has 0 spiro atoms. The molecule has 9 nitrogen and oxygen atoms in total. The summed E-state index contributed by atoms with van der Waals surface area (Å²) >= 11 is 0. The number of carbonyl (C=O) groups excluding carboxylic acids is 2. The third kappa shape index (κ3) is 72.3. The number of esters is 2. The van der Waals surface area contributed by atoms with Gasteiger partial charge in [-0.25, -0.2) is 4.57 Å². The summed E-state index contributed by atoms with van der Waals surface area (Å²) in [5.41, 5.74) is 0. The van der Waals surface area contributed by atoms with E-state index in [-0.39, 0.29) is 32.0 Å². The molecule has 0 aromatic heterocycles. The first-order valence-electron chi connectivity index (χ1n) is 37.3. The van der Waals surface area contributed by atoms with Gasteiger partial charge in [-0.2, -0.15) is 0 Å². The van der Waals surface area contributed by atoms with E-state index in [9.17, 15) is 19.0 Å². The van der Waals surface area contributed by atoms with Crippen LogP contribution in [0.3, 0.4) is 0 Å². The molecule has 0 heterocycles. The molecule has 0 aliphatic rings. The maximum atomic E-state index is 12.9. The van der Waals surface area contributed by atoms with Crippen molar-refractivity contribution in [3.63, 3.8) is 0 Å². The Balaban J connectivity index is 3.92. The van der Waals surface area contributed by atoms with Gasteiger partial charge >= 0.3 is 19.8 Å². The summed E-state index contributed by atoms with van der Waals surface area (Å²) in [7, 11) is 1.49. The Bertz CT molecular complexity index is 1760. The van der Waals surface area contributed by atoms with E-state index in [1.54, 1.807) is 0 Å². The van der Waals surface area contributed by atoms with Crippen LogP contribution >= 0.6 is 7.82 Å². The molecule has 0 rings (SSSR count). The lowest BCUT2D eigenvalue weighted by Gasteiger charge is -2.24. The molecule has 2 atom stereocenters. The first-order chi connectivity index (χ1) is 43.0. The zero-order valence-corrected chi connectivity index (χ0v) is 59.4. The summed E-state index contributed by atoms with van der Waals surface area (Å²) in [6.45, 7) is 4.35. The molecule has 0 radical (unpaired) electrons. The molecule has 0 aliphatic heterocycles. The summed E-state index contributed by atoms with van der Waals surface area (Å²) in [6, 6.07) is 0. The van der Waals surface area contributed by atoms with E-state index in [1.165, 1.54) is 244 Å². The number of phosphoric ester groups is 1. The highest BCUT2D eigenvalue weighted by Gasteiger charge is 2.27. The lowest BCUT2D eigenvalue weighted by molar-refractivity contribution is -0.870. The smallest absolute Gasteiger partial charge is 0.462 e. The van der Waals surface area contributed by atoms with Crippen molar-refractivity contribution in [2.24, 2.45) is 0 Å². The minimum Gasteiger partial charge on any atom is -0.462 e. The largest absolute Gasteiger partial charge is 0.472 e. The van der Waals surface area contributed by atoms with Crippen molar-refractivity contribution in [1.82, 2.24) is 0 Å². The maximum Gasteiger partial charge on any atom is 0.472 e. The fourth-order valence-electron chi connectivity index (χ4n) is 10.7. The highest BCUT2D eigenvalue weighted by Crippen LogP contribution is 2.43. The summed E-state index contributed by atoms with van der Waals surface area (Å²) in [5.74, 6) is -0.784.